The lowest BCUT2D eigenvalue weighted by Crippen LogP contribution is -2.13. The van der Waals surface area contributed by atoms with Gasteiger partial charge in [-0.1, -0.05) is 12.1 Å². The van der Waals surface area contributed by atoms with Crippen LogP contribution >= 0.6 is 11.8 Å². The lowest BCUT2D eigenvalue weighted by atomic mass is 10.1. The molecule has 0 aliphatic rings. The summed E-state index contributed by atoms with van der Waals surface area (Å²) in [5, 5.41) is 3.77. The Kier molecular flexibility index (Phi) is 5.27. The predicted molar refractivity (Wildman–Crippen MR) is 100 cm³/mol. The minimum atomic E-state index is -4.54. The third-order valence-corrected chi connectivity index (χ3v) is 4.79. The van der Waals surface area contributed by atoms with Crippen LogP contribution in [0.4, 0.5) is 18.9 Å². The van der Waals surface area contributed by atoms with Gasteiger partial charge < -0.3 is 4.90 Å². The molecule has 2 aromatic carbocycles. The van der Waals surface area contributed by atoms with Gasteiger partial charge in [-0.15, -0.1) is 11.8 Å². The van der Waals surface area contributed by atoms with Crippen LogP contribution < -0.4 is 4.90 Å². The van der Waals surface area contributed by atoms with E-state index in [4.69, 9.17) is 0 Å². The van der Waals surface area contributed by atoms with E-state index >= 15 is 0 Å². The molecule has 0 aliphatic heterocycles. The molecule has 27 heavy (non-hydrogen) atoms. The predicted octanol–water partition coefficient (Wildman–Crippen LogP) is 4.87. The van der Waals surface area contributed by atoms with Gasteiger partial charge in [0.05, 0.1) is 11.4 Å². The summed E-state index contributed by atoms with van der Waals surface area (Å²) < 4.78 is 40.9. The number of amides is 1. The Morgan fingerprint density at radius 2 is 1.70 bits per heavy atom. The quantitative estimate of drug-likeness (QED) is 0.460. The minimum absolute atomic E-state index is 0.339. The van der Waals surface area contributed by atoms with Crippen LogP contribution in [0.2, 0.25) is 0 Å². The van der Waals surface area contributed by atoms with Gasteiger partial charge >= 0.3 is 6.18 Å². The number of benzene rings is 2. The molecule has 0 fully saturated rings. The maximum atomic E-state index is 13.2. The molecule has 140 valence electrons. The van der Waals surface area contributed by atoms with Crippen molar-refractivity contribution in [3.05, 3.63) is 60.3 Å². The Morgan fingerprint density at radius 3 is 2.22 bits per heavy atom. The molecule has 1 amide bonds. The minimum Gasteiger partial charge on any atom is -0.318 e. The topological polar surface area (TPSA) is 38.1 Å². The molecule has 0 atom stereocenters. The lowest BCUT2D eigenvalue weighted by Gasteiger charge is -2.12. The normalized spacial score (nSPS) is 11.4. The Balaban J connectivity index is 2.10. The van der Waals surface area contributed by atoms with Crippen LogP contribution in [-0.4, -0.2) is 29.5 Å². The first kappa shape index (κ1) is 19.0. The summed E-state index contributed by atoms with van der Waals surface area (Å²) >= 11 is 1.55. The second-order valence-corrected chi connectivity index (χ2v) is 6.67. The number of nitrogens with zero attached hydrogens (tertiary/aromatic N) is 3. The van der Waals surface area contributed by atoms with Crippen molar-refractivity contribution in [2.24, 2.45) is 0 Å². The first-order valence-corrected chi connectivity index (χ1v) is 9.16. The second-order valence-electron chi connectivity index (χ2n) is 5.79. The molecule has 8 heteroatoms. The fourth-order valence-corrected chi connectivity index (χ4v) is 2.98. The number of halogens is 3. The van der Waals surface area contributed by atoms with Crippen molar-refractivity contribution in [2.45, 2.75) is 11.1 Å². The molecule has 0 radical (unpaired) electrons. The van der Waals surface area contributed by atoms with Gasteiger partial charge in [-0.2, -0.15) is 18.3 Å². The van der Waals surface area contributed by atoms with Crippen LogP contribution in [0.5, 0.6) is 0 Å². The van der Waals surface area contributed by atoms with Gasteiger partial charge in [0.1, 0.15) is 0 Å². The maximum absolute atomic E-state index is 13.2. The zero-order valence-electron chi connectivity index (χ0n) is 14.6. The van der Waals surface area contributed by atoms with E-state index in [1.165, 1.54) is 9.58 Å². The van der Waals surface area contributed by atoms with Crippen LogP contribution in [-0.2, 0) is 11.0 Å². The molecule has 3 rings (SSSR count). The van der Waals surface area contributed by atoms with E-state index in [2.05, 4.69) is 5.10 Å². The molecule has 1 heterocycles. The van der Waals surface area contributed by atoms with Crippen LogP contribution in [0.25, 0.3) is 16.9 Å². The third-order valence-electron chi connectivity index (χ3n) is 4.05. The van der Waals surface area contributed by atoms with E-state index in [0.717, 1.165) is 11.0 Å². The van der Waals surface area contributed by atoms with E-state index in [1.54, 1.807) is 55.2 Å². The number of hydrogen-bond donors (Lipinski definition) is 0. The van der Waals surface area contributed by atoms with Crippen molar-refractivity contribution in [1.29, 1.82) is 0 Å². The van der Waals surface area contributed by atoms with Gasteiger partial charge in [0.2, 0.25) is 6.41 Å². The highest BCUT2D eigenvalue weighted by molar-refractivity contribution is 7.98. The van der Waals surface area contributed by atoms with Crippen LogP contribution in [0.3, 0.4) is 0 Å². The third kappa shape index (κ3) is 4.00. The first-order chi connectivity index (χ1) is 12.8. The van der Waals surface area contributed by atoms with E-state index < -0.39 is 11.9 Å². The standard InChI is InChI=1S/C19H16F3N3OS/c1-24(12-26)14-5-7-15(8-6-14)25-17(11-18(23-25)19(20,21)22)13-3-9-16(27-2)10-4-13/h3-12H,1-2H3. The fraction of sp³-hybridized carbons (Fsp3) is 0.158. The van der Waals surface area contributed by atoms with Crippen LogP contribution in [0, 0.1) is 0 Å². The average Bonchev–Trinajstić information content (AvgIpc) is 3.13. The molecular formula is C19H16F3N3OS. The van der Waals surface area contributed by atoms with Crippen LogP contribution in [0.15, 0.2) is 59.5 Å². The highest BCUT2D eigenvalue weighted by atomic mass is 32.2. The monoisotopic (exact) mass is 391 g/mol. The second kappa shape index (κ2) is 7.48. The maximum Gasteiger partial charge on any atom is 0.435 e. The van der Waals surface area contributed by atoms with E-state index in [0.29, 0.717) is 29.0 Å². The molecule has 3 aromatic rings. The van der Waals surface area contributed by atoms with E-state index in [1.807, 2.05) is 18.4 Å². The molecule has 0 saturated carbocycles. The number of rotatable bonds is 5. The molecule has 0 unspecified atom stereocenters. The summed E-state index contributed by atoms with van der Waals surface area (Å²) in [5.41, 5.74) is 1.11. The Bertz CT molecular complexity index is 934. The van der Waals surface area contributed by atoms with Gasteiger partial charge in [0.25, 0.3) is 0 Å². The van der Waals surface area contributed by atoms with Crippen molar-refractivity contribution in [2.75, 3.05) is 18.2 Å². The summed E-state index contributed by atoms with van der Waals surface area (Å²) in [4.78, 5) is 13.2. The number of aromatic nitrogens is 2. The Hall–Kier alpha value is -2.74. The van der Waals surface area contributed by atoms with Crippen molar-refractivity contribution in [1.82, 2.24) is 9.78 Å². The smallest absolute Gasteiger partial charge is 0.318 e. The molecular weight excluding hydrogens is 375 g/mol. The summed E-state index contributed by atoms with van der Waals surface area (Å²) in [6.45, 7) is 0. The Morgan fingerprint density at radius 1 is 1.07 bits per heavy atom. The largest absolute Gasteiger partial charge is 0.435 e. The summed E-state index contributed by atoms with van der Waals surface area (Å²) in [6, 6.07) is 14.9. The number of carbonyl (C=O) groups is 1. The molecule has 0 saturated heterocycles. The molecule has 0 N–H and O–H groups in total. The molecule has 4 nitrogen and oxygen atoms in total. The average molecular weight is 391 g/mol. The number of anilines is 1. The number of alkyl halides is 3. The van der Waals surface area contributed by atoms with Gasteiger partial charge in [0.15, 0.2) is 5.69 Å². The summed E-state index contributed by atoms with van der Waals surface area (Å²) in [6.07, 6.45) is -1.96. The summed E-state index contributed by atoms with van der Waals surface area (Å²) in [7, 11) is 1.59. The lowest BCUT2D eigenvalue weighted by molar-refractivity contribution is -0.141. The van der Waals surface area contributed by atoms with Gasteiger partial charge in [0, 0.05) is 23.2 Å². The molecule has 1 aromatic heterocycles. The van der Waals surface area contributed by atoms with Crippen molar-refractivity contribution in [3.63, 3.8) is 0 Å². The van der Waals surface area contributed by atoms with Gasteiger partial charge in [-0.25, -0.2) is 4.68 Å². The number of carbonyl (C=O) groups excluding carboxylic acids is 1. The van der Waals surface area contributed by atoms with Gasteiger partial charge in [-0.3, -0.25) is 4.79 Å². The van der Waals surface area contributed by atoms with E-state index in [-0.39, 0.29) is 0 Å². The molecule has 0 aliphatic carbocycles. The highest BCUT2D eigenvalue weighted by Gasteiger charge is 2.35. The molecule has 0 bridgehead atoms. The van der Waals surface area contributed by atoms with Crippen molar-refractivity contribution < 1.29 is 18.0 Å². The zero-order chi connectivity index (χ0) is 19.6. The SMILES string of the molecule is CSc1ccc(-c2cc(C(F)(F)F)nn2-c2ccc(N(C)C=O)cc2)cc1. The number of thioether (sulfide) groups is 1. The number of hydrogen-bond acceptors (Lipinski definition) is 3. The fourth-order valence-electron chi connectivity index (χ4n) is 2.57. The van der Waals surface area contributed by atoms with Crippen LogP contribution in [0.1, 0.15) is 5.69 Å². The summed E-state index contributed by atoms with van der Waals surface area (Å²) in [5.74, 6) is 0. The highest BCUT2D eigenvalue weighted by Crippen LogP contribution is 2.34. The van der Waals surface area contributed by atoms with Crippen molar-refractivity contribution in [3.8, 4) is 16.9 Å². The van der Waals surface area contributed by atoms with E-state index in [9.17, 15) is 18.0 Å². The Labute approximate surface area is 158 Å². The zero-order valence-corrected chi connectivity index (χ0v) is 15.4. The van der Waals surface area contributed by atoms with Crippen molar-refractivity contribution >= 4 is 23.9 Å². The first-order valence-electron chi connectivity index (χ1n) is 7.93. The van der Waals surface area contributed by atoms with Gasteiger partial charge in [-0.05, 0) is 48.7 Å². The molecule has 0 spiro atoms.